The van der Waals surface area contributed by atoms with Gasteiger partial charge in [0, 0.05) is 17.8 Å². The lowest BCUT2D eigenvalue weighted by Gasteiger charge is -2.17. The SMILES string of the molecule is Cc1cc(N2C(=O)CCS2(=O)=O)ccc1S(=O)(=O)NCc1cccs1. The summed E-state index contributed by atoms with van der Waals surface area (Å²) >= 11 is 1.44. The van der Waals surface area contributed by atoms with Gasteiger partial charge in [-0.3, -0.25) is 4.79 Å². The lowest BCUT2D eigenvalue weighted by molar-refractivity contribution is -0.116. The summed E-state index contributed by atoms with van der Waals surface area (Å²) in [5.74, 6) is -0.737. The number of amides is 1. The molecule has 1 saturated heterocycles. The minimum atomic E-state index is -3.75. The zero-order valence-electron chi connectivity index (χ0n) is 13.3. The first-order valence-corrected chi connectivity index (χ1v) is 11.4. The second-order valence-electron chi connectivity index (χ2n) is 5.58. The number of nitrogens with zero attached hydrogens (tertiary/aromatic N) is 1. The molecule has 0 aliphatic carbocycles. The van der Waals surface area contributed by atoms with Crippen molar-refractivity contribution in [2.24, 2.45) is 0 Å². The third-order valence-corrected chi connectivity index (χ3v) is 7.91. The van der Waals surface area contributed by atoms with E-state index in [1.165, 1.54) is 29.5 Å². The minimum Gasteiger partial charge on any atom is -0.273 e. The van der Waals surface area contributed by atoms with Crippen molar-refractivity contribution in [3.8, 4) is 0 Å². The van der Waals surface area contributed by atoms with Crippen LogP contribution in [0.1, 0.15) is 16.9 Å². The van der Waals surface area contributed by atoms with Crippen LogP contribution < -0.4 is 9.03 Å². The normalized spacial score (nSPS) is 17.2. The molecule has 0 atom stereocenters. The fourth-order valence-corrected chi connectivity index (χ4v) is 6.01. The van der Waals surface area contributed by atoms with E-state index in [1.807, 2.05) is 17.5 Å². The number of nitrogens with one attached hydrogen (secondary N) is 1. The van der Waals surface area contributed by atoms with E-state index in [0.29, 0.717) is 5.56 Å². The number of anilines is 1. The Balaban J connectivity index is 1.88. The van der Waals surface area contributed by atoms with E-state index in [1.54, 1.807) is 6.92 Å². The highest BCUT2D eigenvalue weighted by atomic mass is 32.2. The first-order valence-electron chi connectivity index (χ1n) is 7.39. The van der Waals surface area contributed by atoms with Crippen LogP contribution in [0.2, 0.25) is 0 Å². The first-order chi connectivity index (χ1) is 11.7. The number of aryl methyl sites for hydroxylation is 1. The van der Waals surface area contributed by atoms with Gasteiger partial charge in [-0.15, -0.1) is 11.3 Å². The molecular formula is C15H16N2O5S3. The van der Waals surface area contributed by atoms with Crippen molar-refractivity contribution in [3.05, 3.63) is 46.2 Å². The van der Waals surface area contributed by atoms with Gasteiger partial charge in [0.1, 0.15) is 0 Å². The first kappa shape index (κ1) is 18.1. The molecule has 1 aromatic heterocycles. The van der Waals surface area contributed by atoms with E-state index >= 15 is 0 Å². The van der Waals surface area contributed by atoms with Gasteiger partial charge in [-0.1, -0.05) is 6.07 Å². The summed E-state index contributed by atoms with van der Waals surface area (Å²) in [6, 6.07) is 7.73. The van der Waals surface area contributed by atoms with Crippen LogP contribution in [0.15, 0.2) is 40.6 Å². The average Bonchev–Trinajstić information content (AvgIpc) is 3.13. The van der Waals surface area contributed by atoms with Crippen molar-refractivity contribution in [2.45, 2.75) is 24.8 Å². The fraction of sp³-hybridized carbons (Fsp3) is 0.267. The van der Waals surface area contributed by atoms with E-state index in [4.69, 9.17) is 0 Å². The molecule has 1 amide bonds. The van der Waals surface area contributed by atoms with Crippen LogP contribution in [-0.4, -0.2) is 28.5 Å². The molecule has 0 unspecified atom stereocenters. The molecule has 1 aliphatic heterocycles. The number of carbonyl (C=O) groups is 1. The number of sulfonamides is 2. The lowest BCUT2D eigenvalue weighted by atomic mass is 10.2. The second-order valence-corrected chi connectivity index (χ2v) is 10.3. The summed E-state index contributed by atoms with van der Waals surface area (Å²) < 4.78 is 52.1. The predicted molar refractivity (Wildman–Crippen MR) is 95.4 cm³/mol. The summed E-state index contributed by atoms with van der Waals surface area (Å²) in [7, 11) is -7.42. The molecule has 3 rings (SSSR count). The highest BCUT2D eigenvalue weighted by Gasteiger charge is 2.36. The Hall–Kier alpha value is -1.75. The van der Waals surface area contributed by atoms with E-state index in [2.05, 4.69) is 4.72 Å². The van der Waals surface area contributed by atoms with Crippen molar-refractivity contribution in [3.63, 3.8) is 0 Å². The molecule has 10 heteroatoms. The molecule has 2 aromatic rings. The second kappa shape index (κ2) is 6.52. The molecule has 0 saturated carbocycles. The number of benzene rings is 1. The Bertz CT molecular complexity index is 1010. The maximum absolute atomic E-state index is 12.5. The molecule has 0 bridgehead atoms. The van der Waals surface area contributed by atoms with Gasteiger partial charge in [0.25, 0.3) is 0 Å². The van der Waals surface area contributed by atoms with Gasteiger partial charge in [0.05, 0.1) is 16.3 Å². The number of hydrogen-bond donors (Lipinski definition) is 1. The van der Waals surface area contributed by atoms with Gasteiger partial charge in [-0.2, -0.15) is 0 Å². The number of hydrogen-bond acceptors (Lipinski definition) is 6. The zero-order chi connectivity index (χ0) is 18.2. The molecule has 1 N–H and O–H groups in total. The Morgan fingerprint density at radius 1 is 1.28 bits per heavy atom. The Kier molecular flexibility index (Phi) is 4.71. The van der Waals surface area contributed by atoms with Crippen molar-refractivity contribution in [2.75, 3.05) is 10.1 Å². The van der Waals surface area contributed by atoms with Gasteiger partial charge in [0.2, 0.25) is 26.0 Å². The lowest BCUT2D eigenvalue weighted by Crippen LogP contribution is -2.29. The number of thiophene rings is 1. The average molecular weight is 401 g/mol. The van der Waals surface area contributed by atoms with Crippen LogP contribution in [0.4, 0.5) is 5.69 Å². The van der Waals surface area contributed by atoms with Crippen LogP contribution in [-0.2, 0) is 31.4 Å². The summed E-state index contributed by atoms with van der Waals surface area (Å²) in [4.78, 5) is 12.8. The maximum Gasteiger partial charge on any atom is 0.242 e. The predicted octanol–water partition coefficient (Wildman–Crippen LogP) is 1.60. The highest BCUT2D eigenvalue weighted by Crippen LogP contribution is 2.28. The van der Waals surface area contributed by atoms with Crippen LogP contribution in [0, 0.1) is 6.92 Å². The van der Waals surface area contributed by atoms with E-state index in [9.17, 15) is 21.6 Å². The number of rotatable bonds is 5. The Morgan fingerprint density at radius 2 is 2.04 bits per heavy atom. The summed E-state index contributed by atoms with van der Waals surface area (Å²) in [5, 5.41) is 1.86. The monoisotopic (exact) mass is 400 g/mol. The van der Waals surface area contributed by atoms with Crippen molar-refractivity contribution < 1.29 is 21.6 Å². The van der Waals surface area contributed by atoms with Gasteiger partial charge < -0.3 is 0 Å². The smallest absolute Gasteiger partial charge is 0.242 e. The summed E-state index contributed by atoms with van der Waals surface area (Å²) in [6.45, 7) is 1.75. The molecular weight excluding hydrogens is 384 g/mol. The van der Waals surface area contributed by atoms with Crippen LogP contribution in [0.3, 0.4) is 0 Å². The van der Waals surface area contributed by atoms with Gasteiger partial charge in [-0.05, 0) is 42.1 Å². The van der Waals surface area contributed by atoms with Gasteiger partial charge in [0.15, 0.2) is 0 Å². The largest absolute Gasteiger partial charge is 0.273 e. The summed E-state index contributed by atoms with van der Waals surface area (Å²) in [6.07, 6.45) is -0.0657. The topological polar surface area (TPSA) is 101 Å². The van der Waals surface area contributed by atoms with Crippen LogP contribution >= 0.6 is 11.3 Å². The number of carbonyl (C=O) groups excluding carboxylic acids is 1. The minimum absolute atomic E-state index is 0.0526. The van der Waals surface area contributed by atoms with Gasteiger partial charge >= 0.3 is 0 Å². The van der Waals surface area contributed by atoms with Crippen LogP contribution in [0.25, 0.3) is 0 Å². The Labute approximate surface area is 150 Å². The third-order valence-electron chi connectivity index (χ3n) is 3.78. The van der Waals surface area contributed by atoms with E-state index < -0.39 is 26.0 Å². The molecule has 1 aromatic carbocycles. The van der Waals surface area contributed by atoms with Crippen molar-refractivity contribution >= 4 is 43.0 Å². The zero-order valence-corrected chi connectivity index (χ0v) is 15.7. The fourth-order valence-electron chi connectivity index (χ4n) is 2.59. The molecule has 1 fully saturated rings. The highest BCUT2D eigenvalue weighted by molar-refractivity contribution is 7.94. The molecule has 2 heterocycles. The van der Waals surface area contributed by atoms with E-state index in [0.717, 1.165) is 9.18 Å². The van der Waals surface area contributed by atoms with Gasteiger partial charge in [-0.25, -0.2) is 25.9 Å². The maximum atomic E-state index is 12.5. The molecule has 0 radical (unpaired) electrons. The molecule has 1 aliphatic rings. The van der Waals surface area contributed by atoms with Crippen molar-refractivity contribution in [1.82, 2.24) is 4.72 Å². The summed E-state index contributed by atoms with van der Waals surface area (Å²) in [5.41, 5.74) is 0.531. The van der Waals surface area contributed by atoms with E-state index in [-0.39, 0.29) is 29.3 Å². The standard InChI is InChI=1S/C15H16N2O5S3/c1-11-9-12(17-15(18)6-8-24(17,19)20)4-5-14(11)25(21,22)16-10-13-3-2-7-23-13/h2-5,7,9,16H,6,8,10H2,1H3. The molecule has 25 heavy (non-hydrogen) atoms. The molecule has 7 nitrogen and oxygen atoms in total. The molecule has 0 spiro atoms. The third kappa shape index (κ3) is 3.61. The van der Waals surface area contributed by atoms with Crippen molar-refractivity contribution in [1.29, 1.82) is 0 Å². The quantitative estimate of drug-likeness (QED) is 0.822. The van der Waals surface area contributed by atoms with Crippen LogP contribution in [0.5, 0.6) is 0 Å². The Morgan fingerprint density at radius 3 is 2.60 bits per heavy atom. The molecule has 134 valence electrons.